The van der Waals surface area contributed by atoms with Gasteiger partial charge in [0.05, 0.1) is 18.7 Å². The number of ether oxygens (including phenoxy) is 1. The minimum absolute atomic E-state index is 0.0341. The maximum atomic E-state index is 13.9. The van der Waals surface area contributed by atoms with Gasteiger partial charge in [-0.15, -0.1) is 0 Å². The minimum atomic E-state index is -4.57. The number of rotatable bonds is 6. The Kier molecular flexibility index (Phi) is 5.31. The van der Waals surface area contributed by atoms with Crippen LogP contribution in [0.4, 0.5) is 13.2 Å². The first-order chi connectivity index (χ1) is 15.9. The second-order valence-electron chi connectivity index (χ2n) is 8.25. The summed E-state index contributed by atoms with van der Waals surface area (Å²) < 4.78 is 49.0. The van der Waals surface area contributed by atoms with Gasteiger partial charge in [0.15, 0.2) is 5.65 Å². The summed E-state index contributed by atoms with van der Waals surface area (Å²) in [6.07, 6.45) is -0.429. The second-order valence-corrected chi connectivity index (χ2v) is 8.25. The molecule has 1 aliphatic rings. The fourth-order valence-electron chi connectivity index (χ4n) is 4.48. The van der Waals surface area contributed by atoms with Crippen LogP contribution in [0, 0.1) is 5.92 Å². The van der Waals surface area contributed by atoms with Gasteiger partial charge in [-0.25, -0.2) is 15.0 Å². The lowest BCUT2D eigenvalue weighted by molar-refractivity contribution is -0.137. The Morgan fingerprint density at radius 1 is 1.09 bits per heavy atom. The molecule has 1 unspecified atom stereocenters. The van der Waals surface area contributed by atoms with E-state index in [4.69, 9.17) is 9.72 Å². The number of aryl methyl sites for hydroxylation is 1. The third-order valence-corrected chi connectivity index (χ3v) is 6.14. The van der Waals surface area contributed by atoms with Crippen molar-refractivity contribution in [3.8, 4) is 17.0 Å². The zero-order valence-corrected chi connectivity index (χ0v) is 18.3. The molecular formula is C25H23F3N4O. The minimum Gasteiger partial charge on any atom is -0.497 e. The third-order valence-electron chi connectivity index (χ3n) is 6.14. The Balaban J connectivity index is 1.75. The monoisotopic (exact) mass is 452 g/mol. The lowest BCUT2D eigenvalue weighted by atomic mass is 10.0. The molecule has 2 heterocycles. The number of nitrogens with zero attached hydrogens (tertiary/aromatic N) is 4. The molecule has 0 bridgehead atoms. The second kappa shape index (κ2) is 8.17. The summed E-state index contributed by atoms with van der Waals surface area (Å²) in [5.74, 6) is 1.36. The highest BCUT2D eigenvalue weighted by molar-refractivity contribution is 5.89. The molecule has 0 N–H and O–H groups in total. The van der Waals surface area contributed by atoms with Crippen molar-refractivity contribution in [2.75, 3.05) is 7.11 Å². The lowest BCUT2D eigenvalue weighted by Gasteiger charge is -2.21. The van der Waals surface area contributed by atoms with Crippen molar-refractivity contribution in [1.29, 1.82) is 0 Å². The van der Waals surface area contributed by atoms with Gasteiger partial charge >= 0.3 is 6.18 Å². The van der Waals surface area contributed by atoms with Crippen molar-refractivity contribution in [2.45, 2.75) is 38.4 Å². The van der Waals surface area contributed by atoms with E-state index in [9.17, 15) is 13.2 Å². The number of halogens is 3. The van der Waals surface area contributed by atoms with Gasteiger partial charge in [0, 0.05) is 12.0 Å². The molecule has 0 amide bonds. The van der Waals surface area contributed by atoms with E-state index >= 15 is 0 Å². The number of hydrogen-bond acceptors (Lipinski definition) is 4. The summed E-state index contributed by atoms with van der Waals surface area (Å²) in [6, 6.07) is 14.1. The van der Waals surface area contributed by atoms with Crippen LogP contribution in [0.25, 0.3) is 22.4 Å². The molecule has 0 aliphatic heterocycles. The van der Waals surface area contributed by atoms with E-state index in [1.165, 1.54) is 25.6 Å². The molecule has 2 aromatic carbocycles. The predicted octanol–water partition coefficient (Wildman–Crippen LogP) is 6.08. The van der Waals surface area contributed by atoms with Gasteiger partial charge in [0.2, 0.25) is 0 Å². The molecule has 1 atom stereocenters. The average Bonchev–Trinajstić information content (AvgIpc) is 3.59. The van der Waals surface area contributed by atoms with Gasteiger partial charge in [-0.05, 0) is 42.5 Å². The van der Waals surface area contributed by atoms with Crippen molar-refractivity contribution >= 4 is 11.2 Å². The largest absolute Gasteiger partial charge is 0.497 e. The Labute approximate surface area is 189 Å². The first-order valence-corrected chi connectivity index (χ1v) is 10.9. The zero-order chi connectivity index (χ0) is 23.2. The lowest BCUT2D eigenvalue weighted by Crippen LogP contribution is -2.16. The zero-order valence-electron chi connectivity index (χ0n) is 18.3. The van der Waals surface area contributed by atoms with Crippen LogP contribution in [0.2, 0.25) is 0 Å². The molecule has 1 saturated carbocycles. The fraction of sp³-hybridized carbons (Fsp3) is 0.320. The van der Waals surface area contributed by atoms with Gasteiger partial charge in [0.1, 0.15) is 29.1 Å². The summed E-state index contributed by atoms with van der Waals surface area (Å²) in [4.78, 5) is 13.5. The van der Waals surface area contributed by atoms with E-state index in [-0.39, 0.29) is 23.0 Å². The highest BCUT2D eigenvalue weighted by Gasteiger charge is 2.38. The molecule has 1 aliphatic carbocycles. The molecule has 5 nitrogen and oxygen atoms in total. The Morgan fingerprint density at radius 3 is 2.48 bits per heavy atom. The van der Waals surface area contributed by atoms with Crippen LogP contribution >= 0.6 is 0 Å². The summed E-state index contributed by atoms with van der Waals surface area (Å²) in [6.45, 7) is 1.99. The van der Waals surface area contributed by atoms with Crippen LogP contribution in [0.5, 0.6) is 5.75 Å². The van der Waals surface area contributed by atoms with Gasteiger partial charge in [-0.3, -0.25) is 0 Å². The molecule has 170 valence electrons. The normalized spacial score (nSPS) is 15.1. The standard InChI is InChI=1S/C25H23F3N4O/c1-3-20-31-22-21(18-12-11-17(33-2)13-19(18)25(26,27)28)29-14-30-24(22)32(20)23(16-9-10-16)15-7-5-4-6-8-15/h4-8,11-14,16,23H,3,9-10H2,1-2H3. The molecule has 5 rings (SSSR count). The number of hydrogen-bond donors (Lipinski definition) is 0. The number of aromatic nitrogens is 4. The van der Waals surface area contributed by atoms with E-state index in [0.717, 1.165) is 30.3 Å². The summed E-state index contributed by atoms with van der Waals surface area (Å²) in [5.41, 5.74) is 1.41. The first-order valence-electron chi connectivity index (χ1n) is 10.9. The Hall–Kier alpha value is -3.42. The van der Waals surface area contributed by atoms with Crippen LogP contribution in [-0.4, -0.2) is 26.6 Å². The van der Waals surface area contributed by atoms with Gasteiger partial charge in [0.25, 0.3) is 0 Å². The highest BCUT2D eigenvalue weighted by Crippen LogP contribution is 2.46. The van der Waals surface area contributed by atoms with Gasteiger partial charge in [-0.2, -0.15) is 13.2 Å². The molecule has 33 heavy (non-hydrogen) atoms. The van der Waals surface area contributed by atoms with Crippen LogP contribution in [-0.2, 0) is 12.6 Å². The quantitative estimate of drug-likeness (QED) is 0.356. The van der Waals surface area contributed by atoms with E-state index in [2.05, 4.69) is 26.7 Å². The topological polar surface area (TPSA) is 52.8 Å². The molecule has 2 aromatic heterocycles. The first kappa shape index (κ1) is 21.4. The van der Waals surface area contributed by atoms with Crippen molar-refractivity contribution in [2.24, 2.45) is 5.92 Å². The Morgan fingerprint density at radius 2 is 1.85 bits per heavy atom. The summed E-state index contributed by atoms with van der Waals surface area (Å²) in [7, 11) is 1.34. The summed E-state index contributed by atoms with van der Waals surface area (Å²) in [5, 5.41) is 0. The SMILES string of the molecule is CCc1nc2c(-c3ccc(OC)cc3C(F)(F)F)ncnc2n1C(c1ccccc1)C1CC1. The molecular weight excluding hydrogens is 429 g/mol. The third kappa shape index (κ3) is 3.83. The van der Waals surface area contributed by atoms with E-state index in [1.54, 1.807) is 0 Å². The van der Waals surface area contributed by atoms with Gasteiger partial charge in [-0.1, -0.05) is 37.3 Å². The number of fused-ring (bicyclic) bond motifs is 1. The number of benzene rings is 2. The summed E-state index contributed by atoms with van der Waals surface area (Å²) >= 11 is 0. The number of imidazole rings is 1. The van der Waals surface area contributed by atoms with E-state index in [0.29, 0.717) is 23.5 Å². The molecule has 8 heteroatoms. The van der Waals surface area contributed by atoms with Crippen LogP contribution in [0.15, 0.2) is 54.9 Å². The fourth-order valence-corrected chi connectivity index (χ4v) is 4.48. The van der Waals surface area contributed by atoms with Crippen LogP contribution in [0.3, 0.4) is 0 Å². The van der Waals surface area contributed by atoms with Crippen molar-refractivity contribution < 1.29 is 17.9 Å². The smallest absolute Gasteiger partial charge is 0.417 e. The van der Waals surface area contributed by atoms with Crippen LogP contribution < -0.4 is 4.74 Å². The number of alkyl halides is 3. The van der Waals surface area contributed by atoms with Crippen molar-refractivity contribution in [1.82, 2.24) is 19.5 Å². The molecule has 4 aromatic rings. The van der Waals surface area contributed by atoms with Crippen molar-refractivity contribution in [3.63, 3.8) is 0 Å². The highest BCUT2D eigenvalue weighted by atomic mass is 19.4. The van der Waals surface area contributed by atoms with Crippen LogP contribution in [0.1, 0.15) is 42.8 Å². The van der Waals surface area contributed by atoms with Crippen molar-refractivity contribution in [3.05, 3.63) is 71.8 Å². The maximum Gasteiger partial charge on any atom is 0.417 e. The molecule has 1 fully saturated rings. The Bertz CT molecular complexity index is 1300. The predicted molar refractivity (Wildman–Crippen MR) is 119 cm³/mol. The maximum absolute atomic E-state index is 13.9. The molecule has 0 spiro atoms. The number of methoxy groups -OCH3 is 1. The molecule has 0 saturated heterocycles. The van der Waals surface area contributed by atoms with E-state index < -0.39 is 11.7 Å². The average molecular weight is 452 g/mol. The molecule has 0 radical (unpaired) electrons. The van der Waals surface area contributed by atoms with Gasteiger partial charge < -0.3 is 9.30 Å². The van der Waals surface area contributed by atoms with E-state index in [1.807, 2.05) is 25.1 Å².